The van der Waals surface area contributed by atoms with Gasteiger partial charge in [0.15, 0.2) is 0 Å². The Bertz CT molecular complexity index is 101. The van der Waals surface area contributed by atoms with Gasteiger partial charge in [0.2, 0.25) is 0 Å². The molecule has 2 heteroatoms. The number of rotatable bonds is 2. The van der Waals surface area contributed by atoms with Crippen molar-refractivity contribution in [2.45, 2.75) is 12.5 Å². The summed E-state index contributed by atoms with van der Waals surface area (Å²) in [5, 5.41) is 3.24. The highest BCUT2D eigenvalue weighted by molar-refractivity contribution is 4.84. The summed E-state index contributed by atoms with van der Waals surface area (Å²) in [6, 6.07) is 0.683. The van der Waals surface area contributed by atoms with E-state index >= 15 is 0 Å². The van der Waals surface area contributed by atoms with E-state index in [0.29, 0.717) is 6.04 Å². The van der Waals surface area contributed by atoms with Crippen molar-refractivity contribution in [1.82, 2.24) is 10.2 Å². The lowest BCUT2D eigenvalue weighted by molar-refractivity contribution is 0.450. The van der Waals surface area contributed by atoms with Gasteiger partial charge in [-0.1, -0.05) is 6.58 Å². The number of likely N-dealkylation sites (N-methyl/N-ethyl adjacent to an activating group) is 1. The van der Waals surface area contributed by atoms with Crippen LogP contribution in [0.4, 0.5) is 0 Å². The van der Waals surface area contributed by atoms with Crippen molar-refractivity contribution in [3.8, 4) is 0 Å². The molecule has 1 saturated heterocycles. The van der Waals surface area contributed by atoms with Crippen molar-refractivity contribution in [3.63, 3.8) is 0 Å². The average molecular weight is 126 g/mol. The van der Waals surface area contributed by atoms with E-state index < -0.39 is 0 Å². The summed E-state index contributed by atoms with van der Waals surface area (Å²) in [4.78, 5) is 2.24. The van der Waals surface area contributed by atoms with E-state index in [1.165, 1.54) is 6.42 Å². The van der Waals surface area contributed by atoms with Crippen LogP contribution < -0.4 is 5.32 Å². The minimum absolute atomic E-state index is 0.683. The molecule has 1 aliphatic rings. The van der Waals surface area contributed by atoms with Gasteiger partial charge in [-0.05, 0) is 19.7 Å². The van der Waals surface area contributed by atoms with Crippen LogP contribution in [-0.4, -0.2) is 31.1 Å². The first kappa shape index (κ1) is 6.62. The minimum atomic E-state index is 0.683. The molecule has 0 aromatic heterocycles. The monoisotopic (exact) mass is 126 g/mol. The van der Waals surface area contributed by atoms with Gasteiger partial charge in [-0.3, -0.25) is 0 Å². The third kappa shape index (κ3) is 1.45. The van der Waals surface area contributed by atoms with Gasteiger partial charge < -0.3 is 10.2 Å². The van der Waals surface area contributed by atoms with Crippen molar-refractivity contribution in [1.29, 1.82) is 0 Å². The van der Waals surface area contributed by atoms with Gasteiger partial charge in [-0.15, -0.1) is 0 Å². The van der Waals surface area contributed by atoms with E-state index in [-0.39, 0.29) is 0 Å². The fourth-order valence-electron chi connectivity index (χ4n) is 1.19. The number of hydrogen-bond acceptors (Lipinski definition) is 2. The molecule has 2 nitrogen and oxygen atoms in total. The Morgan fingerprint density at radius 3 is 2.89 bits per heavy atom. The number of likely N-dealkylation sites (tertiary alicyclic amines) is 1. The first-order chi connectivity index (χ1) is 4.36. The van der Waals surface area contributed by atoms with Gasteiger partial charge in [0, 0.05) is 19.1 Å². The number of hydrogen-bond donors (Lipinski definition) is 1. The molecule has 1 aliphatic heterocycles. The molecule has 1 rings (SSSR count). The molecule has 0 aromatic rings. The molecule has 0 aliphatic carbocycles. The second kappa shape index (κ2) is 2.87. The Kier molecular flexibility index (Phi) is 2.11. The Morgan fingerprint density at radius 1 is 1.78 bits per heavy atom. The predicted molar refractivity (Wildman–Crippen MR) is 39.2 cm³/mol. The molecule has 1 atom stereocenters. The second-order valence-corrected chi connectivity index (χ2v) is 2.45. The lowest BCUT2D eigenvalue weighted by Crippen LogP contribution is -2.27. The molecule has 0 bridgehead atoms. The molecule has 0 unspecified atom stereocenters. The van der Waals surface area contributed by atoms with Gasteiger partial charge in [0.25, 0.3) is 0 Å². The largest absolute Gasteiger partial charge is 0.376 e. The Morgan fingerprint density at radius 2 is 2.56 bits per heavy atom. The zero-order valence-corrected chi connectivity index (χ0v) is 5.93. The van der Waals surface area contributed by atoms with E-state index in [4.69, 9.17) is 0 Å². The number of nitrogens with zero attached hydrogens (tertiary/aromatic N) is 1. The summed E-state index contributed by atoms with van der Waals surface area (Å²) in [5.74, 6) is 0. The van der Waals surface area contributed by atoms with E-state index in [9.17, 15) is 0 Å². The fourth-order valence-corrected chi connectivity index (χ4v) is 1.19. The van der Waals surface area contributed by atoms with Crippen LogP contribution in [-0.2, 0) is 0 Å². The maximum absolute atomic E-state index is 3.71. The van der Waals surface area contributed by atoms with Gasteiger partial charge in [-0.2, -0.15) is 0 Å². The summed E-state index contributed by atoms with van der Waals surface area (Å²) < 4.78 is 0. The molecule has 0 saturated carbocycles. The van der Waals surface area contributed by atoms with Gasteiger partial charge >= 0.3 is 0 Å². The van der Waals surface area contributed by atoms with Gasteiger partial charge in [0.1, 0.15) is 0 Å². The van der Waals surface area contributed by atoms with Crippen molar-refractivity contribution in [2.75, 3.05) is 20.1 Å². The quantitative estimate of drug-likeness (QED) is 0.577. The molecule has 0 aromatic carbocycles. The van der Waals surface area contributed by atoms with Crippen molar-refractivity contribution < 1.29 is 0 Å². The third-order valence-electron chi connectivity index (χ3n) is 1.89. The Hall–Kier alpha value is -0.500. The highest BCUT2D eigenvalue weighted by atomic mass is 15.2. The summed E-state index contributed by atoms with van der Waals surface area (Å²) in [5.41, 5.74) is 0. The van der Waals surface area contributed by atoms with Gasteiger partial charge in [0.05, 0.1) is 0 Å². The van der Waals surface area contributed by atoms with E-state index in [1.807, 2.05) is 13.2 Å². The van der Waals surface area contributed by atoms with Crippen LogP contribution >= 0.6 is 0 Å². The molecular weight excluding hydrogens is 112 g/mol. The molecule has 0 radical (unpaired) electrons. The topological polar surface area (TPSA) is 15.3 Å². The molecule has 0 amide bonds. The first-order valence-electron chi connectivity index (χ1n) is 3.40. The summed E-state index contributed by atoms with van der Waals surface area (Å²) in [6.45, 7) is 6.00. The van der Waals surface area contributed by atoms with Crippen LogP contribution in [0.5, 0.6) is 0 Å². The van der Waals surface area contributed by atoms with E-state index in [1.54, 1.807) is 0 Å². The molecule has 52 valence electrons. The molecular formula is C7H14N2. The highest BCUT2D eigenvalue weighted by Crippen LogP contribution is 2.07. The van der Waals surface area contributed by atoms with E-state index in [2.05, 4.69) is 16.8 Å². The highest BCUT2D eigenvalue weighted by Gasteiger charge is 2.16. The van der Waals surface area contributed by atoms with Crippen molar-refractivity contribution in [2.24, 2.45) is 0 Å². The second-order valence-electron chi connectivity index (χ2n) is 2.45. The Labute approximate surface area is 56.5 Å². The van der Waals surface area contributed by atoms with Crippen LogP contribution in [0.3, 0.4) is 0 Å². The van der Waals surface area contributed by atoms with Crippen LogP contribution in [0.15, 0.2) is 12.8 Å². The average Bonchev–Trinajstić information content (AvgIpc) is 2.34. The summed E-state index contributed by atoms with van der Waals surface area (Å²) in [6.07, 6.45) is 3.17. The zero-order valence-electron chi connectivity index (χ0n) is 5.93. The van der Waals surface area contributed by atoms with Crippen molar-refractivity contribution >= 4 is 0 Å². The molecule has 0 spiro atoms. The van der Waals surface area contributed by atoms with Gasteiger partial charge in [-0.25, -0.2) is 0 Å². The van der Waals surface area contributed by atoms with E-state index in [0.717, 1.165) is 13.1 Å². The summed E-state index contributed by atoms with van der Waals surface area (Å²) >= 11 is 0. The number of nitrogens with one attached hydrogen (secondary N) is 1. The lowest BCUT2D eigenvalue weighted by Gasteiger charge is -2.10. The molecule has 1 fully saturated rings. The normalized spacial score (nSPS) is 26.8. The molecule has 9 heavy (non-hydrogen) atoms. The lowest BCUT2D eigenvalue weighted by atomic mass is 10.3. The van der Waals surface area contributed by atoms with Crippen LogP contribution in [0.1, 0.15) is 6.42 Å². The zero-order chi connectivity index (χ0) is 6.69. The smallest absolute Gasteiger partial charge is 0.0326 e. The fraction of sp³-hybridized carbons (Fsp3) is 0.714. The van der Waals surface area contributed by atoms with Crippen LogP contribution in [0.25, 0.3) is 0 Å². The SMILES string of the molecule is C=CN1CC[C@H](NC)C1. The molecule has 1 N–H and O–H groups in total. The maximum Gasteiger partial charge on any atom is 0.0326 e. The molecule has 1 heterocycles. The van der Waals surface area contributed by atoms with Crippen LogP contribution in [0.2, 0.25) is 0 Å². The Balaban J connectivity index is 2.28. The minimum Gasteiger partial charge on any atom is -0.376 e. The standard InChI is InChI=1S/C7H14N2/c1-3-9-5-4-7(6-9)8-2/h3,7-8H,1,4-6H2,2H3/t7-/m0/s1. The maximum atomic E-state index is 3.71. The van der Waals surface area contributed by atoms with Crippen LogP contribution in [0, 0.1) is 0 Å². The summed E-state index contributed by atoms with van der Waals surface area (Å²) in [7, 11) is 2.01. The third-order valence-corrected chi connectivity index (χ3v) is 1.89. The van der Waals surface area contributed by atoms with Crippen molar-refractivity contribution in [3.05, 3.63) is 12.8 Å². The predicted octanol–water partition coefficient (Wildman–Crippen LogP) is 0.424. The first-order valence-corrected chi connectivity index (χ1v) is 3.40.